The molecule has 1 saturated carbocycles. The summed E-state index contributed by atoms with van der Waals surface area (Å²) >= 11 is 0. The van der Waals surface area contributed by atoms with Crippen LogP contribution in [0.4, 0.5) is 4.79 Å². The normalized spacial score (nSPS) is 24.6. The highest BCUT2D eigenvalue weighted by molar-refractivity contribution is 5.59. The summed E-state index contributed by atoms with van der Waals surface area (Å²) in [5.74, 6) is 0. The highest BCUT2D eigenvalue weighted by Gasteiger charge is 2.40. The highest BCUT2D eigenvalue weighted by atomic mass is 16.7. The molecule has 1 aliphatic carbocycles. The summed E-state index contributed by atoms with van der Waals surface area (Å²) in [6.45, 7) is 8.90. The van der Waals surface area contributed by atoms with Crippen LogP contribution < -0.4 is 0 Å². The van der Waals surface area contributed by atoms with Crippen LogP contribution in [-0.2, 0) is 9.47 Å². The Balaban J connectivity index is 2.63. The van der Waals surface area contributed by atoms with Crippen LogP contribution in [0.1, 0.15) is 47.0 Å². The van der Waals surface area contributed by atoms with E-state index >= 15 is 0 Å². The third-order valence-corrected chi connectivity index (χ3v) is 2.95. The monoisotopic (exact) mass is 214 g/mol. The highest BCUT2D eigenvalue weighted by Crippen LogP contribution is 2.46. The number of hydrogen-bond acceptors (Lipinski definition) is 3. The first-order chi connectivity index (χ1) is 6.74. The van der Waals surface area contributed by atoms with Crippen LogP contribution in [0.2, 0.25) is 0 Å². The zero-order chi connectivity index (χ0) is 11.7. The Hall–Kier alpha value is -0.730. The molecule has 1 rings (SSSR count). The van der Waals surface area contributed by atoms with Crippen LogP contribution in [0.5, 0.6) is 0 Å². The van der Waals surface area contributed by atoms with Gasteiger partial charge in [0.2, 0.25) is 0 Å². The first kappa shape index (κ1) is 12.3. The third kappa shape index (κ3) is 3.73. The molecule has 1 fully saturated rings. The molecule has 0 aliphatic heterocycles. The summed E-state index contributed by atoms with van der Waals surface area (Å²) in [6, 6.07) is 0. The van der Waals surface area contributed by atoms with E-state index in [-0.39, 0.29) is 16.9 Å². The van der Waals surface area contributed by atoms with Crippen molar-refractivity contribution < 1.29 is 14.3 Å². The van der Waals surface area contributed by atoms with Gasteiger partial charge in [0.1, 0.15) is 6.10 Å². The maximum Gasteiger partial charge on any atom is 0.508 e. The Kier molecular flexibility index (Phi) is 3.31. The molecule has 15 heavy (non-hydrogen) atoms. The molecular weight excluding hydrogens is 192 g/mol. The first-order valence-electron chi connectivity index (χ1n) is 5.49. The number of carbonyl (C=O) groups excluding carboxylic acids is 1. The van der Waals surface area contributed by atoms with E-state index in [0.717, 1.165) is 12.8 Å². The average Bonchev–Trinajstić information content (AvgIpc) is 1.97. The van der Waals surface area contributed by atoms with E-state index in [1.165, 1.54) is 13.5 Å². The van der Waals surface area contributed by atoms with Crippen molar-refractivity contribution in [1.82, 2.24) is 0 Å². The maximum atomic E-state index is 11.1. The zero-order valence-electron chi connectivity index (χ0n) is 10.4. The molecule has 0 N–H and O–H groups in total. The molecule has 0 spiro atoms. The third-order valence-electron chi connectivity index (χ3n) is 2.95. The van der Waals surface area contributed by atoms with Gasteiger partial charge in [-0.15, -0.1) is 0 Å². The molecule has 0 heterocycles. The fourth-order valence-electron chi connectivity index (χ4n) is 3.01. The van der Waals surface area contributed by atoms with Crippen molar-refractivity contribution >= 4 is 6.16 Å². The van der Waals surface area contributed by atoms with Gasteiger partial charge in [-0.3, -0.25) is 0 Å². The first-order valence-corrected chi connectivity index (χ1v) is 5.49. The van der Waals surface area contributed by atoms with Crippen molar-refractivity contribution in [2.24, 2.45) is 10.8 Å². The van der Waals surface area contributed by atoms with Gasteiger partial charge in [0, 0.05) is 0 Å². The van der Waals surface area contributed by atoms with Gasteiger partial charge in [-0.25, -0.2) is 4.79 Å². The predicted molar refractivity (Wildman–Crippen MR) is 58.7 cm³/mol. The molecule has 0 aromatic rings. The number of rotatable bonds is 1. The molecule has 1 aliphatic rings. The molecule has 0 atom stereocenters. The lowest BCUT2D eigenvalue weighted by Crippen LogP contribution is -2.38. The van der Waals surface area contributed by atoms with Crippen molar-refractivity contribution in [3.63, 3.8) is 0 Å². The summed E-state index contributed by atoms with van der Waals surface area (Å²) in [6.07, 6.45) is 2.45. The number of hydrogen-bond donors (Lipinski definition) is 0. The van der Waals surface area contributed by atoms with Crippen molar-refractivity contribution in [2.45, 2.75) is 53.1 Å². The van der Waals surface area contributed by atoms with Crippen LogP contribution in [-0.4, -0.2) is 19.4 Å². The van der Waals surface area contributed by atoms with Gasteiger partial charge in [0.25, 0.3) is 0 Å². The molecule has 3 nitrogen and oxygen atoms in total. The Morgan fingerprint density at radius 3 is 2.00 bits per heavy atom. The molecule has 0 bridgehead atoms. The van der Waals surface area contributed by atoms with E-state index in [2.05, 4.69) is 32.4 Å². The predicted octanol–water partition coefficient (Wildman–Crippen LogP) is 3.37. The molecule has 0 amide bonds. The molecule has 88 valence electrons. The minimum atomic E-state index is -0.562. The minimum absolute atomic E-state index is 0.00352. The fraction of sp³-hybridized carbons (Fsp3) is 0.917. The summed E-state index contributed by atoms with van der Waals surface area (Å²) in [7, 11) is 1.35. The smallest absolute Gasteiger partial charge is 0.438 e. The second-order valence-corrected chi connectivity index (χ2v) is 6.11. The Morgan fingerprint density at radius 1 is 1.13 bits per heavy atom. The van der Waals surface area contributed by atoms with Gasteiger partial charge >= 0.3 is 6.16 Å². The van der Waals surface area contributed by atoms with Crippen molar-refractivity contribution in [3.05, 3.63) is 0 Å². The number of methoxy groups -OCH3 is 1. The summed E-state index contributed by atoms with van der Waals surface area (Å²) < 4.78 is 9.78. The summed E-state index contributed by atoms with van der Waals surface area (Å²) in [5, 5.41) is 0. The van der Waals surface area contributed by atoms with E-state index in [0.29, 0.717) is 0 Å². The molecule has 3 heteroatoms. The molecule has 0 unspecified atom stereocenters. The van der Waals surface area contributed by atoms with Gasteiger partial charge in [0.05, 0.1) is 7.11 Å². The van der Waals surface area contributed by atoms with Crippen LogP contribution >= 0.6 is 0 Å². The van der Waals surface area contributed by atoms with E-state index in [1.54, 1.807) is 0 Å². The Bertz CT molecular complexity index is 227. The van der Waals surface area contributed by atoms with Crippen molar-refractivity contribution in [1.29, 1.82) is 0 Å². The van der Waals surface area contributed by atoms with E-state index in [4.69, 9.17) is 4.74 Å². The average molecular weight is 214 g/mol. The quantitative estimate of drug-likeness (QED) is 0.628. The zero-order valence-corrected chi connectivity index (χ0v) is 10.4. The minimum Gasteiger partial charge on any atom is -0.438 e. The maximum absolute atomic E-state index is 11.1. The Labute approximate surface area is 92.1 Å². The second kappa shape index (κ2) is 4.03. The molecule has 0 saturated heterocycles. The fourth-order valence-corrected chi connectivity index (χ4v) is 3.01. The van der Waals surface area contributed by atoms with E-state index < -0.39 is 6.16 Å². The second-order valence-electron chi connectivity index (χ2n) is 6.11. The summed E-state index contributed by atoms with van der Waals surface area (Å²) in [4.78, 5) is 11.1. The topological polar surface area (TPSA) is 35.5 Å². The van der Waals surface area contributed by atoms with Gasteiger partial charge in [0.15, 0.2) is 0 Å². The van der Waals surface area contributed by atoms with Gasteiger partial charge in [-0.05, 0) is 30.1 Å². The summed E-state index contributed by atoms with van der Waals surface area (Å²) in [5.41, 5.74) is 0.473. The van der Waals surface area contributed by atoms with E-state index in [9.17, 15) is 4.79 Å². The molecule has 0 aromatic carbocycles. The molecule has 0 aromatic heterocycles. The van der Waals surface area contributed by atoms with Gasteiger partial charge in [-0.2, -0.15) is 0 Å². The standard InChI is InChI=1S/C12H22O3/c1-11(2)6-9(15-10(13)14-5)7-12(3,4)8-11/h9H,6-8H2,1-5H3. The lowest BCUT2D eigenvalue weighted by Gasteiger charge is -2.44. The van der Waals surface area contributed by atoms with E-state index in [1.807, 2.05) is 0 Å². The lowest BCUT2D eigenvalue weighted by molar-refractivity contribution is -0.0355. The van der Waals surface area contributed by atoms with Gasteiger partial charge in [-0.1, -0.05) is 27.7 Å². The van der Waals surface area contributed by atoms with Crippen molar-refractivity contribution in [3.8, 4) is 0 Å². The van der Waals surface area contributed by atoms with Crippen LogP contribution in [0.3, 0.4) is 0 Å². The number of ether oxygens (including phenoxy) is 2. The van der Waals surface area contributed by atoms with Crippen molar-refractivity contribution in [2.75, 3.05) is 7.11 Å². The number of carbonyl (C=O) groups is 1. The van der Waals surface area contributed by atoms with Crippen LogP contribution in [0, 0.1) is 10.8 Å². The van der Waals surface area contributed by atoms with Crippen LogP contribution in [0.15, 0.2) is 0 Å². The van der Waals surface area contributed by atoms with Gasteiger partial charge < -0.3 is 9.47 Å². The Morgan fingerprint density at radius 2 is 1.60 bits per heavy atom. The lowest BCUT2D eigenvalue weighted by atomic mass is 9.64. The molecule has 0 radical (unpaired) electrons. The largest absolute Gasteiger partial charge is 0.508 e. The SMILES string of the molecule is COC(=O)OC1CC(C)(C)CC(C)(C)C1. The molecular formula is C12H22O3. The van der Waals surface area contributed by atoms with Crippen LogP contribution in [0.25, 0.3) is 0 Å².